The molecule has 0 amide bonds. The van der Waals surface area contributed by atoms with Crippen LogP contribution < -0.4 is 0 Å². The zero-order chi connectivity index (χ0) is 7.61. The largest absolute Gasteiger partial charge is 0.385 e. The molecule has 0 unspecified atom stereocenters. The third-order valence-corrected chi connectivity index (χ3v) is 2.86. The second kappa shape index (κ2) is 2.72. The molecule has 0 aliphatic rings. The van der Waals surface area contributed by atoms with Crippen molar-refractivity contribution in [3.63, 3.8) is 0 Å². The molecule has 0 spiro atoms. The highest BCUT2D eigenvalue weighted by Gasteiger charge is 2.20. The maximum Gasteiger partial charge on any atom is 0.0957 e. The average Bonchev–Trinajstić information content (AvgIpc) is 2.38. The first-order chi connectivity index (χ1) is 4.67. The predicted molar refractivity (Wildman–Crippen MR) is 44.2 cm³/mol. The highest BCUT2D eigenvalue weighted by Crippen LogP contribution is 2.27. The maximum atomic E-state index is 9.69. The van der Waals surface area contributed by atoms with Gasteiger partial charge in [0.1, 0.15) is 0 Å². The van der Waals surface area contributed by atoms with Gasteiger partial charge in [0, 0.05) is 4.88 Å². The lowest BCUT2D eigenvalue weighted by molar-refractivity contribution is 0.0569. The summed E-state index contributed by atoms with van der Waals surface area (Å²) in [4.78, 5) is 1.05. The lowest BCUT2D eigenvalue weighted by Gasteiger charge is -2.18. The van der Waals surface area contributed by atoms with Crippen LogP contribution in [0.1, 0.15) is 25.1 Å². The van der Waals surface area contributed by atoms with Crippen molar-refractivity contribution in [2.75, 3.05) is 0 Å². The van der Waals surface area contributed by atoms with E-state index in [2.05, 4.69) is 0 Å². The minimum absolute atomic E-state index is 0.617. The van der Waals surface area contributed by atoms with Gasteiger partial charge in [0.25, 0.3) is 0 Å². The number of hydrogen-bond donors (Lipinski definition) is 1. The van der Waals surface area contributed by atoms with Gasteiger partial charge in [0.15, 0.2) is 0 Å². The fraction of sp³-hybridized carbons (Fsp3) is 0.500. The van der Waals surface area contributed by atoms with Gasteiger partial charge < -0.3 is 5.11 Å². The third-order valence-electron chi connectivity index (χ3n) is 1.74. The molecule has 1 aromatic rings. The molecular formula is C8H12OS. The Bertz CT molecular complexity index is 189. The summed E-state index contributed by atoms with van der Waals surface area (Å²) < 4.78 is 0. The van der Waals surface area contributed by atoms with Crippen molar-refractivity contribution in [1.82, 2.24) is 0 Å². The second-order valence-corrected chi connectivity index (χ2v) is 3.55. The fourth-order valence-corrected chi connectivity index (χ4v) is 1.62. The Balaban J connectivity index is 2.85. The summed E-state index contributed by atoms with van der Waals surface area (Å²) in [5, 5.41) is 11.7. The minimum atomic E-state index is -0.617. The first-order valence-electron chi connectivity index (χ1n) is 3.43. The molecule has 0 saturated heterocycles. The molecule has 1 heterocycles. The quantitative estimate of drug-likeness (QED) is 0.697. The topological polar surface area (TPSA) is 20.2 Å². The zero-order valence-corrected chi connectivity index (χ0v) is 7.11. The molecule has 10 heavy (non-hydrogen) atoms. The van der Waals surface area contributed by atoms with Gasteiger partial charge in [0.2, 0.25) is 0 Å². The van der Waals surface area contributed by atoms with Crippen LogP contribution in [0.5, 0.6) is 0 Å². The van der Waals surface area contributed by atoms with Crippen molar-refractivity contribution >= 4 is 11.3 Å². The first-order valence-corrected chi connectivity index (χ1v) is 4.31. The standard InChI is InChI=1S/C8H12OS/c1-3-8(2,9)7-5-4-6-10-7/h4-6,9H,3H2,1-2H3/t8-/m1/s1. The average molecular weight is 156 g/mol. The predicted octanol–water partition coefficient (Wildman–Crippen LogP) is 2.37. The Labute approximate surface area is 65.3 Å². The highest BCUT2D eigenvalue weighted by atomic mass is 32.1. The van der Waals surface area contributed by atoms with E-state index >= 15 is 0 Å². The molecule has 1 aromatic heterocycles. The molecule has 1 nitrogen and oxygen atoms in total. The number of hydrogen-bond acceptors (Lipinski definition) is 2. The molecule has 1 atom stereocenters. The van der Waals surface area contributed by atoms with Gasteiger partial charge in [-0.3, -0.25) is 0 Å². The summed E-state index contributed by atoms with van der Waals surface area (Å²) in [6, 6.07) is 3.93. The summed E-state index contributed by atoms with van der Waals surface area (Å²) in [7, 11) is 0. The van der Waals surface area contributed by atoms with E-state index in [4.69, 9.17) is 0 Å². The van der Waals surface area contributed by atoms with Crippen LogP contribution in [0.3, 0.4) is 0 Å². The molecule has 0 fully saturated rings. The summed E-state index contributed by atoms with van der Waals surface area (Å²) in [6.45, 7) is 3.83. The van der Waals surface area contributed by atoms with E-state index in [1.807, 2.05) is 31.4 Å². The van der Waals surface area contributed by atoms with Crippen molar-refractivity contribution in [2.24, 2.45) is 0 Å². The molecule has 0 aromatic carbocycles. The first kappa shape index (κ1) is 7.76. The van der Waals surface area contributed by atoms with E-state index in [-0.39, 0.29) is 0 Å². The Morgan fingerprint density at radius 1 is 1.70 bits per heavy atom. The number of aliphatic hydroxyl groups is 1. The van der Waals surface area contributed by atoms with Gasteiger partial charge in [-0.05, 0) is 24.8 Å². The van der Waals surface area contributed by atoms with Crippen molar-refractivity contribution in [3.05, 3.63) is 22.4 Å². The van der Waals surface area contributed by atoms with Crippen LogP contribution in [0.4, 0.5) is 0 Å². The van der Waals surface area contributed by atoms with Crippen LogP contribution in [0.15, 0.2) is 17.5 Å². The van der Waals surface area contributed by atoms with Crippen LogP contribution in [-0.2, 0) is 5.60 Å². The van der Waals surface area contributed by atoms with Gasteiger partial charge >= 0.3 is 0 Å². The van der Waals surface area contributed by atoms with Crippen LogP contribution in [0.2, 0.25) is 0 Å². The normalized spacial score (nSPS) is 16.7. The molecule has 0 bridgehead atoms. The zero-order valence-electron chi connectivity index (χ0n) is 6.29. The van der Waals surface area contributed by atoms with Crippen molar-refractivity contribution in [1.29, 1.82) is 0 Å². The molecule has 1 N–H and O–H groups in total. The number of thiophene rings is 1. The summed E-state index contributed by atoms with van der Waals surface area (Å²) in [5.74, 6) is 0. The maximum absolute atomic E-state index is 9.69. The van der Waals surface area contributed by atoms with E-state index < -0.39 is 5.60 Å². The number of rotatable bonds is 2. The van der Waals surface area contributed by atoms with Crippen LogP contribution >= 0.6 is 11.3 Å². The van der Waals surface area contributed by atoms with Gasteiger partial charge in [-0.1, -0.05) is 13.0 Å². The van der Waals surface area contributed by atoms with E-state index in [0.717, 1.165) is 11.3 Å². The lowest BCUT2D eigenvalue weighted by Crippen LogP contribution is -2.17. The van der Waals surface area contributed by atoms with Crippen LogP contribution in [0, 0.1) is 0 Å². The van der Waals surface area contributed by atoms with Gasteiger partial charge in [-0.25, -0.2) is 0 Å². The van der Waals surface area contributed by atoms with Crippen molar-refractivity contribution in [3.8, 4) is 0 Å². The van der Waals surface area contributed by atoms with Crippen LogP contribution in [0.25, 0.3) is 0 Å². The van der Waals surface area contributed by atoms with Gasteiger partial charge in [-0.15, -0.1) is 11.3 Å². The Morgan fingerprint density at radius 2 is 2.40 bits per heavy atom. The summed E-state index contributed by atoms with van der Waals surface area (Å²) in [5.41, 5.74) is -0.617. The molecule has 56 valence electrons. The van der Waals surface area contributed by atoms with E-state index in [1.54, 1.807) is 11.3 Å². The van der Waals surface area contributed by atoms with E-state index in [9.17, 15) is 5.11 Å². The Hall–Kier alpha value is -0.340. The smallest absolute Gasteiger partial charge is 0.0957 e. The van der Waals surface area contributed by atoms with Gasteiger partial charge in [-0.2, -0.15) is 0 Å². The second-order valence-electron chi connectivity index (χ2n) is 2.60. The Kier molecular flexibility index (Phi) is 2.11. The lowest BCUT2D eigenvalue weighted by atomic mass is 10.0. The summed E-state index contributed by atoms with van der Waals surface area (Å²) >= 11 is 1.60. The molecule has 0 saturated carbocycles. The van der Waals surface area contributed by atoms with Crippen molar-refractivity contribution < 1.29 is 5.11 Å². The molecule has 1 rings (SSSR count). The van der Waals surface area contributed by atoms with E-state index in [0.29, 0.717) is 0 Å². The highest BCUT2D eigenvalue weighted by molar-refractivity contribution is 7.10. The molecule has 0 aliphatic carbocycles. The molecular weight excluding hydrogens is 144 g/mol. The Morgan fingerprint density at radius 3 is 2.80 bits per heavy atom. The van der Waals surface area contributed by atoms with Crippen LogP contribution in [-0.4, -0.2) is 5.11 Å². The fourth-order valence-electron chi connectivity index (χ4n) is 0.759. The molecule has 0 aliphatic heterocycles. The SMILES string of the molecule is CC[C@@](C)(O)c1cccs1. The monoisotopic (exact) mass is 156 g/mol. The minimum Gasteiger partial charge on any atom is -0.385 e. The third kappa shape index (κ3) is 1.39. The molecule has 2 heteroatoms. The summed E-state index contributed by atoms with van der Waals surface area (Å²) in [6.07, 6.45) is 0.771. The van der Waals surface area contributed by atoms with Crippen molar-refractivity contribution in [2.45, 2.75) is 25.9 Å². The van der Waals surface area contributed by atoms with E-state index in [1.165, 1.54) is 0 Å². The van der Waals surface area contributed by atoms with Gasteiger partial charge in [0.05, 0.1) is 5.60 Å². The molecule has 0 radical (unpaired) electrons.